The van der Waals surface area contributed by atoms with Crippen molar-refractivity contribution < 1.29 is 4.79 Å². The predicted molar refractivity (Wildman–Crippen MR) is 96.2 cm³/mol. The maximum Gasteiger partial charge on any atom is 0.210 e. The summed E-state index contributed by atoms with van der Waals surface area (Å²) in [6, 6.07) is 20.2. The molecule has 1 amide bonds. The highest BCUT2D eigenvalue weighted by molar-refractivity contribution is 5.50. The van der Waals surface area contributed by atoms with Crippen molar-refractivity contribution in [3.8, 4) is 0 Å². The zero-order valence-electron chi connectivity index (χ0n) is 13.3. The number of amides is 1. The lowest BCUT2D eigenvalue weighted by molar-refractivity contribution is -0.120. The van der Waals surface area contributed by atoms with Crippen molar-refractivity contribution in [1.29, 1.82) is 0 Å². The van der Waals surface area contributed by atoms with Gasteiger partial charge in [-0.15, -0.1) is 13.2 Å². The zero-order chi connectivity index (χ0) is 16.5. The van der Waals surface area contributed by atoms with E-state index in [1.807, 2.05) is 48.6 Å². The molecule has 2 aromatic rings. The van der Waals surface area contributed by atoms with Gasteiger partial charge in [0.15, 0.2) is 0 Å². The van der Waals surface area contributed by atoms with E-state index in [4.69, 9.17) is 0 Å². The first-order valence-corrected chi connectivity index (χ1v) is 7.84. The van der Waals surface area contributed by atoms with E-state index in [9.17, 15) is 4.79 Å². The van der Waals surface area contributed by atoms with Gasteiger partial charge in [0.1, 0.15) is 0 Å². The first-order chi connectivity index (χ1) is 11.3. The van der Waals surface area contributed by atoms with Gasteiger partial charge in [-0.3, -0.25) is 4.79 Å². The molecule has 0 spiro atoms. The van der Waals surface area contributed by atoms with Gasteiger partial charge < -0.3 is 4.90 Å². The van der Waals surface area contributed by atoms with Crippen molar-refractivity contribution in [2.45, 2.75) is 24.9 Å². The zero-order valence-corrected chi connectivity index (χ0v) is 13.3. The van der Waals surface area contributed by atoms with Crippen LogP contribution in [0.25, 0.3) is 0 Å². The molecule has 0 aliphatic rings. The molecular weight excluding hydrogens is 282 g/mol. The van der Waals surface area contributed by atoms with Gasteiger partial charge in [-0.05, 0) is 24.0 Å². The predicted octanol–water partition coefficient (Wildman–Crippen LogP) is 4.04. The second kappa shape index (κ2) is 8.74. The fourth-order valence-corrected chi connectivity index (χ4v) is 2.73. The van der Waals surface area contributed by atoms with E-state index in [0.717, 1.165) is 19.3 Å². The van der Waals surface area contributed by atoms with Gasteiger partial charge in [-0.2, -0.15) is 0 Å². The van der Waals surface area contributed by atoms with Gasteiger partial charge in [0.2, 0.25) is 6.41 Å². The second-order valence-corrected chi connectivity index (χ2v) is 5.54. The highest BCUT2D eigenvalue weighted by Gasteiger charge is 2.21. The molecule has 2 aromatic carbocycles. The van der Waals surface area contributed by atoms with Crippen LogP contribution in [0.4, 0.5) is 0 Å². The maximum absolute atomic E-state index is 11.7. The molecule has 0 radical (unpaired) electrons. The Morgan fingerprint density at radius 2 is 1.17 bits per heavy atom. The maximum atomic E-state index is 11.7. The Labute approximate surface area is 138 Å². The van der Waals surface area contributed by atoms with Crippen molar-refractivity contribution in [1.82, 2.24) is 4.90 Å². The summed E-state index contributed by atoms with van der Waals surface area (Å²) in [5.74, 6) is 0. The van der Waals surface area contributed by atoms with E-state index in [0.29, 0.717) is 0 Å². The number of carbonyl (C=O) groups excluding carboxylic acids is 1. The Morgan fingerprint density at radius 1 is 0.783 bits per heavy atom. The molecule has 0 aliphatic heterocycles. The first-order valence-electron chi connectivity index (χ1n) is 7.84. The summed E-state index contributed by atoms with van der Waals surface area (Å²) >= 11 is 0. The van der Waals surface area contributed by atoms with Gasteiger partial charge in [0.05, 0.1) is 12.1 Å². The minimum Gasteiger partial charge on any atom is -0.332 e. The lowest BCUT2D eigenvalue weighted by Gasteiger charge is -2.32. The molecular formula is C21H23NO. The lowest BCUT2D eigenvalue weighted by Crippen LogP contribution is -2.42. The molecule has 0 saturated heterocycles. The largest absolute Gasteiger partial charge is 0.332 e. The van der Waals surface area contributed by atoms with E-state index < -0.39 is 0 Å². The van der Waals surface area contributed by atoms with Crippen LogP contribution in [0.5, 0.6) is 0 Å². The van der Waals surface area contributed by atoms with Gasteiger partial charge in [0, 0.05) is 0 Å². The summed E-state index contributed by atoms with van der Waals surface area (Å²) in [7, 11) is 0. The lowest BCUT2D eigenvalue weighted by atomic mass is 10.00. The van der Waals surface area contributed by atoms with Crippen LogP contribution in [0.1, 0.15) is 11.1 Å². The summed E-state index contributed by atoms with van der Waals surface area (Å²) in [5, 5.41) is 0. The van der Waals surface area contributed by atoms with Crippen LogP contribution in [-0.4, -0.2) is 23.4 Å². The molecule has 0 N–H and O–H groups in total. The van der Waals surface area contributed by atoms with Crippen molar-refractivity contribution in [3.63, 3.8) is 0 Å². The Balaban J connectivity index is 2.15. The topological polar surface area (TPSA) is 20.3 Å². The summed E-state index contributed by atoms with van der Waals surface area (Å²) in [4.78, 5) is 13.5. The van der Waals surface area contributed by atoms with E-state index in [1.165, 1.54) is 11.1 Å². The molecule has 2 unspecified atom stereocenters. The number of hydrogen-bond donors (Lipinski definition) is 0. The third-order valence-electron chi connectivity index (χ3n) is 4.01. The average molecular weight is 305 g/mol. The van der Waals surface area contributed by atoms with Crippen molar-refractivity contribution in [2.75, 3.05) is 0 Å². The minimum absolute atomic E-state index is 0.0541. The quantitative estimate of drug-likeness (QED) is 0.506. The standard InChI is InChI=1S/C21H23NO/c1-3-20(15-18-11-7-5-8-12-18)22(17-23)21(4-2)16-19-13-9-6-10-14-19/h3-14,17,20-21H,1-2,15-16H2. The summed E-state index contributed by atoms with van der Waals surface area (Å²) in [6.45, 7) is 7.83. The molecule has 0 bridgehead atoms. The highest BCUT2D eigenvalue weighted by atomic mass is 16.1. The van der Waals surface area contributed by atoms with Gasteiger partial charge in [0.25, 0.3) is 0 Å². The Kier molecular flexibility index (Phi) is 6.37. The SMILES string of the molecule is C=CC(Cc1ccccc1)N(C=O)C(C=C)Cc1ccccc1. The van der Waals surface area contributed by atoms with Crippen LogP contribution >= 0.6 is 0 Å². The number of benzene rings is 2. The monoisotopic (exact) mass is 305 g/mol. The molecule has 2 nitrogen and oxygen atoms in total. The van der Waals surface area contributed by atoms with Crippen LogP contribution in [0.3, 0.4) is 0 Å². The number of nitrogens with zero attached hydrogens (tertiary/aromatic N) is 1. The smallest absolute Gasteiger partial charge is 0.210 e. The molecule has 0 fully saturated rings. The molecule has 2 heteroatoms. The summed E-state index contributed by atoms with van der Waals surface area (Å²) < 4.78 is 0. The summed E-state index contributed by atoms with van der Waals surface area (Å²) in [6.07, 6.45) is 6.08. The second-order valence-electron chi connectivity index (χ2n) is 5.54. The van der Waals surface area contributed by atoms with E-state index >= 15 is 0 Å². The van der Waals surface area contributed by atoms with Gasteiger partial charge >= 0.3 is 0 Å². The van der Waals surface area contributed by atoms with Crippen molar-refractivity contribution >= 4 is 6.41 Å². The molecule has 0 saturated carbocycles. The van der Waals surface area contributed by atoms with Crippen LogP contribution in [0.2, 0.25) is 0 Å². The number of carbonyl (C=O) groups is 1. The number of rotatable bonds is 9. The van der Waals surface area contributed by atoms with E-state index in [2.05, 4.69) is 37.4 Å². The van der Waals surface area contributed by atoms with Crippen LogP contribution in [0, 0.1) is 0 Å². The average Bonchev–Trinajstić information content (AvgIpc) is 2.62. The van der Waals surface area contributed by atoms with Crippen LogP contribution in [0.15, 0.2) is 86.0 Å². The Morgan fingerprint density at radius 3 is 1.48 bits per heavy atom. The fourth-order valence-electron chi connectivity index (χ4n) is 2.73. The molecule has 2 atom stereocenters. The Bertz CT molecular complexity index is 567. The minimum atomic E-state index is -0.0541. The molecule has 2 rings (SSSR count). The molecule has 0 aromatic heterocycles. The van der Waals surface area contributed by atoms with Crippen molar-refractivity contribution in [2.24, 2.45) is 0 Å². The Hall–Kier alpha value is -2.61. The molecule has 0 aliphatic carbocycles. The normalized spacial score (nSPS) is 12.9. The third-order valence-corrected chi connectivity index (χ3v) is 4.01. The first kappa shape index (κ1) is 16.8. The fraction of sp³-hybridized carbons (Fsp3) is 0.190. The van der Waals surface area contributed by atoms with Crippen LogP contribution < -0.4 is 0 Å². The van der Waals surface area contributed by atoms with E-state index in [1.54, 1.807) is 4.90 Å². The van der Waals surface area contributed by atoms with E-state index in [-0.39, 0.29) is 12.1 Å². The van der Waals surface area contributed by atoms with Gasteiger partial charge in [-0.25, -0.2) is 0 Å². The van der Waals surface area contributed by atoms with Crippen molar-refractivity contribution in [3.05, 3.63) is 97.1 Å². The number of hydrogen-bond acceptors (Lipinski definition) is 1. The molecule has 0 heterocycles. The van der Waals surface area contributed by atoms with Crippen LogP contribution in [-0.2, 0) is 17.6 Å². The molecule has 118 valence electrons. The molecule has 23 heavy (non-hydrogen) atoms. The highest BCUT2D eigenvalue weighted by Crippen LogP contribution is 2.16. The third kappa shape index (κ3) is 4.68. The summed E-state index contributed by atoms with van der Waals surface area (Å²) in [5.41, 5.74) is 2.37. The van der Waals surface area contributed by atoms with Gasteiger partial charge in [-0.1, -0.05) is 72.8 Å².